The number of ether oxygens (including phenoxy) is 1. The van der Waals surface area contributed by atoms with Crippen molar-refractivity contribution in [2.45, 2.75) is 51.9 Å². The second kappa shape index (κ2) is 9.18. The maximum Gasteiger partial charge on any atom is 0.233 e. The van der Waals surface area contributed by atoms with E-state index < -0.39 is 10.0 Å². The molecule has 3 heterocycles. The first-order valence-electron chi connectivity index (χ1n) is 10.7. The molecular weight excluding hydrogens is 404 g/mol. The molecule has 0 N–H and O–H groups in total. The zero-order valence-corrected chi connectivity index (χ0v) is 19.3. The molecule has 2 aliphatic heterocycles. The predicted molar refractivity (Wildman–Crippen MR) is 115 cm³/mol. The number of hydrogen-bond donors (Lipinski definition) is 0. The van der Waals surface area contributed by atoms with E-state index in [1.165, 1.54) is 10.6 Å². The molecule has 1 aromatic rings. The van der Waals surface area contributed by atoms with Crippen molar-refractivity contribution in [3.05, 3.63) is 17.8 Å². The topological polar surface area (TPSA) is 92.7 Å². The third-order valence-corrected chi connectivity index (χ3v) is 7.38. The van der Waals surface area contributed by atoms with Crippen LogP contribution in [0.25, 0.3) is 0 Å². The Kier molecular flexibility index (Phi) is 7.02. The molecular formula is C21H34N4O4S. The zero-order chi connectivity index (χ0) is 21.9. The van der Waals surface area contributed by atoms with Crippen LogP contribution in [0.4, 0.5) is 0 Å². The lowest BCUT2D eigenvalue weighted by atomic mass is 9.92. The molecule has 3 rings (SSSR count). The molecule has 1 aromatic heterocycles. The summed E-state index contributed by atoms with van der Waals surface area (Å²) in [5.41, 5.74) is 0.899. The highest BCUT2D eigenvalue weighted by molar-refractivity contribution is 7.88. The minimum Gasteiger partial charge on any atom is -0.476 e. The van der Waals surface area contributed by atoms with Crippen molar-refractivity contribution >= 4 is 15.9 Å². The average Bonchev–Trinajstić information content (AvgIpc) is 2.71. The van der Waals surface area contributed by atoms with Crippen LogP contribution in [0.2, 0.25) is 0 Å². The quantitative estimate of drug-likeness (QED) is 0.699. The van der Waals surface area contributed by atoms with Crippen LogP contribution in [-0.4, -0.2) is 72.8 Å². The summed E-state index contributed by atoms with van der Waals surface area (Å²) < 4.78 is 30.6. The Bertz CT molecular complexity index is 820. The van der Waals surface area contributed by atoms with Crippen LogP contribution < -0.4 is 4.74 Å². The van der Waals surface area contributed by atoms with E-state index in [0.717, 1.165) is 31.6 Å². The van der Waals surface area contributed by atoms with Crippen molar-refractivity contribution in [2.75, 3.05) is 39.0 Å². The van der Waals surface area contributed by atoms with Gasteiger partial charge in [-0.15, -0.1) is 5.10 Å². The van der Waals surface area contributed by atoms with E-state index in [4.69, 9.17) is 4.74 Å². The molecule has 2 fully saturated rings. The lowest BCUT2D eigenvalue weighted by Crippen LogP contribution is -2.46. The summed E-state index contributed by atoms with van der Waals surface area (Å²) in [5, 5.41) is 8.43. The lowest BCUT2D eigenvalue weighted by molar-refractivity contribution is -0.138. The Balaban J connectivity index is 1.41. The third kappa shape index (κ3) is 5.91. The fourth-order valence-corrected chi connectivity index (χ4v) is 4.89. The van der Waals surface area contributed by atoms with Crippen molar-refractivity contribution in [1.82, 2.24) is 19.4 Å². The molecule has 0 atom stereocenters. The van der Waals surface area contributed by atoms with E-state index in [1.807, 2.05) is 17.0 Å². The van der Waals surface area contributed by atoms with Gasteiger partial charge in [-0.05, 0) is 37.7 Å². The van der Waals surface area contributed by atoms with Gasteiger partial charge in [0.25, 0.3) is 0 Å². The number of carbonyl (C=O) groups excluding carboxylic acids is 1. The Morgan fingerprint density at radius 1 is 1.07 bits per heavy atom. The van der Waals surface area contributed by atoms with Crippen molar-refractivity contribution in [3.63, 3.8) is 0 Å². The second-order valence-corrected chi connectivity index (χ2v) is 11.5. The normalized spacial score (nSPS) is 20.3. The summed E-state index contributed by atoms with van der Waals surface area (Å²) in [6.45, 7) is 9.22. The molecule has 0 bridgehead atoms. The summed E-state index contributed by atoms with van der Waals surface area (Å²) in [6, 6.07) is 3.83. The Labute approximate surface area is 180 Å². The van der Waals surface area contributed by atoms with E-state index in [2.05, 4.69) is 31.0 Å². The first-order chi connectivity index (χ1) is 14.0. The molecule has 2 saturated heterocycles. The van der Waals surface area contributed by atoms with Crippen molar-refractivity contribution in [2.24, 2.45) is 11.8 Å². The van der Waals surface area contributed by atoms with Crippen LogP contribution >= 0.6 is 0 Å². The Morgan fingerprint density at radius 3 is 2.20 bits per heavy atom. The van der Waals surface area contributed by atoms with Crippen molar-refractivity contribution < 1.29 is 17.9 Å². The van der Waals surface area contributed by atoms with Gasteiger partial charge >= 0.3 is 0 Å². The highest BCUT2D eigenvalue weighted by Crippen LogP contribution is 2.25. The number of hydrogen-bond acceptors (Lipinski definition) is 6. The molecule has 0 spiro atoms. The fourth-order valence-electron chi connectivity index (χ4n) is 4.01. The first kappa shape index (κ1) is 22.9. The molecule has 0 aromatic carbocycles. The molecule has 30 heavy (non-hydrogen) atoms. The maximum atomic E-state index is 12.8. The smallest absolute Gasteiger partial charge is 0.233 e. The van der Waals surface area contributed by atoms with E-state index in [0.29, 0.717) is 44.3 Å². The maximum absolute atomic E-state index is 12.8. The number of rotatable bonds is 5. The van der Waals surface area contributed by atoms with Gasteiger partial charge in [-0.3, -0.25) is 4.79 Å². The zero-order valence-electron chi connectivity index (χ0n) is 18.5. The number of nitrogens with zero attached hydrogens (tertiary/aromatic N) is 4. The number of sulfonamides is 1. The number of piperidine rings is 2. The van der Waals surface area contributed by atoms with Gasteiger partial charge in [-0.25, -0.2) is 12.7 Å². The van der Waals surface area contributed by atoms with Gasteiger partial charge in [0.1, 0.15) is 0 Å². The molecule has 168 valence electrons. The van der Waals surface area contributed by atoms with Crippen LogP contribution in [0, 0.1) is 11.8 Å². The number of likely N-dealkylation sites (tertiary alicyclic amines) is 1. The monoisotopic (exact) mass is 438 g/mol. The highest BCUT2D eigenvalue weighted by Gasteiger charge is 2.33. The average molecular weight is 439 g/mol. The van der Waals surface area contributed by atoms with Gasteiger partial charge in [-0.1, -0.05) is 20.8 Å². The number of amides is 1. The van der Waals surface area contributed by atoms with Gasteiger partial charge in [0, 0.05) is 43.6 Å². The van der Waals surface area contributed by atoms with Gasteiger partial charge in [0.05, 0.1) is 18.6 Å². The standard InChI is InChI=1S/C21H34N4O4S/c1-21(2,3)18-5-6-19(23-22-18)29-15-16-7-11-24(12-8-16)20(26)17-9-13-25(14-10-17)30(4,27)28/h5-6,16-17H,7-15H2,1-4H3. The van der Waals surface area contributed by atoms with E-state index in [-0.39, 0.29) is 17.2 Å². The van der Waals surface area contributed by atoms with Crippen molar-refractivity contribution in [3.8, 4) is 5.88 Å². The van der Waals surface area contributed by atoms with E-state index in [1.54, 1.807) is 0 Å². The molecule has 8 nitrogen and oxygen atoms in total. The van der Waals surface area contributed by atoms with Gasteiger partial charge in [0.15, 0.2) is 0 Å². The molecule has 1 amide bonds. The Hall–Kier alpha value is -1.74. The van der Waals surface area contributed by atoms with E-state index in [9.17, 15) is 13.2 Å². The summed E-state index contributed by atoms with van der Waals surface area (Å²) in [6.07, 6.45) is 4.26. The summed E-state index contributed by atoms with van der Waals surface area (Å²) in [5.74, 6) is 1.04. The molecule has 2 aliphatic rings. The molecule has 0 saturated carbocycles. The summed E-state index contributed by atoms with van der Waals surface area (Å²) in [4.78, 5) is 14.8. The minimum absolute atomic E-state index is 0.0354. The SMILES string of the molecule is CC(C)(C)c1ccc(OCC2CCN(C(=O)C3CCN(S(C)(=O)=O)CC3)CC2)nn1. The molecule has 9 heteroatoms. The molecule has 0 radical (unpaired) electrons. The predicted octanol–water partition coefficient (Wildman–Crippen LogP) is 2.06. The number of carbonyl (C=O) groups is 1. The van der Waals surface area contributed by atoms with Crippen LogP contribution in [0.15, 0.2) is 12.1 Å². The second-order valence-electron chi connectivity index (χ2n) is 9.52. The van der Waals surface area contributed by atoms with Crippen LogP contribution in [0.5, 0.6) is 5.88 Å². The Morgan fingerprint density at radius 2 is 1.70 bits per heavy atom. The first-order valence-corrected chi connectivity index (χ1v) is 12.6. The summed E-state index contributed by atoms with van der Waals surface area (Å²) in [7, 11) is -3.16. The van der Waals surface area contributed by atoms with Crippen LogP contribution in [0.3, 0.4) is 0 Å². The third-order valence-electron chi connectivity index (χ3n) is 6.07. The van der Waals surface area contributed by atoms with Gasteiger partial charge in [-0.2, -0.15) is 5.10 Å². The highest BCUT2D eigenvalue weighted by atomic mass is 32.2. The van der Waals surface area contributed by atoms with Crippen LogP contribution in [0.1, 0.15) is 52.1 Å². The minimum atomic E-state index is -3.16. The van der Waals surface area contributed by atoms with Crippen molar-refractivity contribution in [1.29, 1.82) is 0 Å². The summed E-state index contributed by atoms with van der Waals surface area (Å²) >= 11 is 0. The van der Waals surface area contributed by atoms with Gasteiger partial charge < -0.3 is 9.64 Å². The van der Waals surface area contributed by atoms with Gasteiger partial charge in [0.2, 0.25) is 21.8 Å². The lowest BCUT2D eigenvalue weighted by Gasteiger charge is -2.36. The molecule has 0 aliphatic carbocycles. The number of aromatic nitrogens is 2. The fraction of sp³-hybridized carbons (Fsp3) is 0.762. The largest absolute Gasteiger partial charge is 0.476 e. The van der Waals surface area contributed by atoms with E-state index >= 15 is 0 Å². The van der Waals surface area contributed by atoms with Crippen LogP contribution in [-0.2, 0) is 20.2 Å². The molecule has 0 unspecified atom stereocenters.